The minimum Gasteiger partial charge on any atom is -0.250 e. The molecule has 1 heterocycles. The molecule has 1 unspecified atom stereocenters. The van der Waals surface area contributed by atoms with E-state index in [1.165, 1.54) is 24.8 Å². The minimum atomic E-state index is 0.546. The molecule has 72 valence electrons. The van der Waals surface area contributed by atoms with E-state index in [-0.39, 0.29) is 0 Å². The predicted octanol–water partition coefficient (Wildman–Crippen LogP) is 2.19. The smallest absolute Gasteiger partial charge is 0.0475 e. The first-order valence-electron chi connectivity index (χ1n) is 4.77. The fourth-order valence-corrected chi connectivity index (χ4v) is 2.92. The summed E-state index contributed by atoms with van der Waals surface area (Å²) in [6.07, 6.45) is 3.86. The van der Waals surface area contributed by atoms with Crippen molar-refractivity contribution in [2.45, 2.75) is 25.3 Å². The summed E-state index contributed by atoms with van der Waals surface area (Å²) < 4.78 is 0. The van der Waals surface area contributed by atoms with E-state index < -0.39 is 0 Å². The van der Waals surface area contributed by atoms with Crippen molar-refractivity contribution in [1.82, 2.24) is 10.4 Å². The predicted molar refractivity (Wildman–Crippen MR) is 56.8 cm³/mol. The molecule has 0 saturated heterocycles. The van der Waals surface area contributed by atoms with Gasteiger partial charge in [0.15, 0.2) is 0 Å². The highest BCUT2D eigenvalue weighted by atomic mass is 32.1. The third-order valence-electron chi connectivity index (χ3n) is 2.47. The number of nitrogens with zero attached hydrogens (tertiary/aromatic N) is 1. The van der Waals surface area contributed by atoms with Crippen molar-refractivity contribution >= 4 is 11.3 Å². The molecular weight excluding hydrogens is 180 g/mol. The lowest BCUT2D eigenvalue weighted by Crippen LogP contribution is -2.35. The average Bonchev–Trinajstić information content (AvgIpc) is 2.51. The van der Waals surface area contributed by atoms with Crippen LogP contribution in [0.4, 0.5) is 0 Å². The fraction of sp³-hybridized carbons (Fsp3) is 0.600. The monoisotopic (exact) mass is 196 g/mol. The summed E-state index contributed by atoms with van der Waals surface area (Å²) >= 11 is 1.90. The Kier molecular flexibility index (Phi) is 2.67. The fourth-order valence-electron chi connectivity index (χ4n) is 1.93. The van der Waals surface area contributed by atoms with Gasteiger partial charge in [-0.3, -0.25) is 5.01 Å². The molecule has 0 saturated carbocycles. The highest BCUT2D eigenvalue weighted by Gasteiger charge is 2.20. The SMILES string of the molecule is CN(C)NC1CCCc2sccc21. The molecule has 3 heteroatoms. The van der Waals surface area contributed by atoms with E-state index in [0.717, 1.165) is 0 Å². The zero-order valence-corrected chi connectivity index (χ0v) is 9.03. The van der Waals surface area contributed by atoms with Gasteiger partial charge in [0.2, 0.25) is 0 Å². The van der Waals surface area contributed by atoms with Gasteiger partial charge >= 0.3 is 0 Å². The first-order valence-corrected chi connectivity index (χ1v) is 5.65. The zero-order chi connectivity index (χ0) is 9.26. The Labute approximate surface area is 83.5 Å². The normalized spacial score (nSPS) is 21.9. The van der Waals surface area contributed by atoms with Crippen LogP contribution in [0.5, 0.6) is 0 Å². The Hall–Kier alpha value is -0.380. The largest absolute Gasteiger partial charge is 0.250 e. The number of rotatable bonds is 2. The van der Waals surface area contributed by atoms with E-state index >= 15 is 0 Å². The maximum Gasteiger partial charge on any atom is 0.0475 e. The van der Waals surface area contributed by atoms with Gasteiger partial charge in [-0.2, -0.15) is 0 Å². The van der Waals surface area contributed by atoms with E-state index in [1.54, 1.807) is 4.88 Å². The highest BCUT2D eigenvalue weighted by Crippen LogP contribution is 2.33. The van der Waals surface area contributed by atoms with Crippen LogP contribution < -0.4 is 5.43 Å². The molecule has 1 aromatic rings. The number of hydrogen-bond acceptors (Lipinski definition) is 3. The molecular formula is C10H16N2S. The Balaban J connectivity index is 2.15. The van der Waals surface area contributed by atoms with Crippen molar-refractivity contribution in [3.63, 3.8) is 0 Å². The first kappa shape index (κ1) is 9.19. The molecule has 1 aliphatic carbocycles. The summed E-state index contributed by atoms with van der Waals surface area (Å²) in [5, 5.41) is 4.26. The number of nitrogens with one attached hydrogen (secondary N) is 1. The topological polar surface area (TPSA) is 15.3 Å². The molecule has 13 heavy (non-hydrogen) atoms. The summed E-state index contributed by atoms with van der Waals surface area (Å²) in [4.78, 5) is 1.57. The van der Waals surface area contributed by atoms with Gasteiger partial charge in [0, 0.05) is 25.0 Å². The lowest BCUT2D eigenvalue weighted by molar-refractivity contribution is 0.229. The quantitative estimate of drug-likeness (QED) is 0.729. The van der Waals surface area contributed by atoms with Crippen molar-refractivity contribution in [3.05, 3.63) is 21.9 Å². The Morgan fingerprint density at radius 3 is 3.15 bits per heavy atom. The van der Waals surface area contributed by atoms with E-state index in [2.05, 4.69) is 36.0 Å². The second kappa shape index (κ2) is 3.78. The van der Waals surface area contributed by atoms with Crippen LogP contribution in [0.15, 0.2) is 11.4 Å². The third-order valence-corrected chi connectivity index (χ3v) is 3.46. The number of thiophene rings is 1. The second-order valence-corrected chi connectivity index (χ2v) is 4.77. The lowest BCUT2D eigenvalue weighted by Gasteiger charge is -2.26. The van der Waals surface area contributed by atoms with Crippen molar-refractivity contribution in [1.29, 1.82) is 0 Å². The molecule has 2 rings (SSSR count). The van der Waals surface area contributed by atoms with Crippen molar-refractivity contribution in [2.24, 2.45) is 0 Å². The molecule has 0 amide bonds. The molecule has 0 spiro atoms. The highest BCUT2D eigenvalue weighted by molar-refractivity contribution is 7.10. The molecule has 0 fully saturated rings. The molecule has 0 bridgehead atoms. The molecule has 1 aromatic heterocycles. The maximum atomic E-state index is 3.46. The van der Waals surface area contributed by atoms with Gasteiger partial charge in [0.1, 0.15) is 0 Å². The van der Waals surface area contributed by atoms with E-state index in [1.807, 2.05) is 11.3 Å². The number of hydrogen-bond donors (Lipinski definition) is 1. The summed E-state index contributed by atoms with van der Waals surface area (Å²) in [5.41, 5.74) is 4.98. The summed E-state index contributed by atoms with van der Waals surface area (Å²) in [6.45, 7) is 0. The molecule has 0 aromatic carbocycles. The van der Waals surface area contributed by atoms with E-state index in [9.17, 15) is 0 Å². The average molecular weight is 196 g/mol. The van der Waals surface area contributed by atoms with Gasteiger partial charge < -0.3 is 0 Å². The van der Waals surface area contributed by atoms with Crippen LogP contribution in [0.1, 0.15) is 29.3 Å². The van der Waals surface area contributed by atoms with Gasteiger partial charge in [0.25, 0.3) is 0 Å². The van der Waals surface area contributed by atoms with Crippen LogP contribution in [-0.2, 0) is 6.42 Å². The second-order valence-electron chi connectivity index (χ2n) is 3.77. The number of hydrazine groups is 1. The van der Waals surface area contributed by atoms with Gasteiger partial charge in [-0.25, -0.2) is 5.43 Å². The number of fused-ring (bicyclic) bond motifs is 1. The van der Waals surface area contributed by atoms with Gasteiger partial charge in [0.05, 0.1) is 0 Å². The van der Waals surface area contributed by atoms with Gasteiger partial charge in [-0.1, -0.05) is 0 Å². The molecule has 0 radical (unpaired) electrons. The summed E-state index contributed by atoms with van der Waals surface area (Å²) in [7, 11) is 4.11. The van der Waals surface area contributed by atoms with Crippen molar-refractivity contribution in [2.75, 3.05) is 14.1 Å². The van der Waals surface area contributed by atoms with Crippen LogP contribution in [-0.4, -0.2) is 19.1 Å². The molecule has 1 N–H and O–H groups in total. The van der Waals surface area contributed by atoms with Crippen molar-refractivity contribution < 1.29 is 0 Å². The lowest BCUT2D eigenvalue weighted by atomic mass is 9.95. The summed E-state index contributed by atoms with van der Waals surface area (Å²) in [5.74, 6) is 0. The molecule has 1 aliphatic rings. The van der Waals surface area contributed by atoms with Crippen LogP contribution in [0, 0.1) is 0 Å². The zero-order valence-electron chi connectivity index (χ0n) is 8.21. The number of aryl methyl sites for hydroxylation is 1. The Bertz CT molecular complexity index is 280. The first-order chi connectivity index (χ1) is 6.27. The maximum absolute atomic E-state index is 3.46. The van der Waals surface area contributed by atoms with Crippen LogP contribution in [0.25, 0.3) is 0 Å². The summed E-state index contributed by atoms with van der Waals surface area (Å²) in [6, 6.07) is 2.81. The minimum absolute atomic E-state index is 0.546. The standard InChI is InChI=1S/C10H16N2S/c1-12(2)11-9-4-3-5-10-8(9)6-7-13-10/h6-7,9,11H,3-5H2,1-2H3. The van der Waals surface area contributed by atoms with Crippen LogP contribution in [0.3, 0.4) is 0 Å². The van der Waals surface area contributed by atoms with Crippen molar-refractivity contribution in [3.8, 4) is 0 Å². The third kappa shape index (κ3) is 1.93. The Morgan fingerprint density at radius 1 is 1.54 bits per heavy atom. The molecule has 1 atom stereocenters. The van der Waals surface area contributed by atoms with Gasteiger partial charge in [-0.15, -0.1) is 11.3 Å². The van der Waals surface area contributed by atoms with Crippen LogP contribution in [0.2, 0.25) is 0 Å². The molecule has 0 aliphatic heterocycles. The molecule has 2 nitrogen and oxygen atoms in total. The van der Waals surface area contributed by atoms with E-state index in [0.29, 0.717) is 6.04 Å². The van der Waals surface area contributed by atoms with Gasteiger partial charge in [-0.05, 0) is 36.3 Å². The van der Waals surface area contributed by atoms with E-state index in [4.69, 9.17) is 0 Å². The Morgan fingerprint density at radius 2 is 2.38 bits per heavy atom. The van der Waals surface area contributed by atoms with Crippen LogP contribution >= 0.6 is 11.3 Å².